The number of nitrogens with zero attached hydrogens (tertiary/aromatic N) is 3. The van der Waals surface area contributed by atoms with Crippen LogP contribution in [0.25, 0.3) is 16.8 Å². The van der Waals surface area contributed by atoms with Crippen molar-refractivity contribution in [1.82, 2.24) is 19.7 Å². The van der Waals surface area contributed by atoms with Crippen LogP contribution in [0.15, 0.2) is 73.3 Å². The highest BCUT2D eigenvalue weighted by Crippen LogP contribution is 2.22. The number of imidazole rings is 1. The molecule has 3 aromatic heterocycles. The summed E-state index contributed by atoms with van der Waals surface area (Å²) in [6, 6.07) is 15.2. The van der Waals surface area contributed by atoms with E-state index in [9.17, 15) is 4.79 Å². The Labute approximate surface area is 155 Å². The van der Waals surface area contributed by atoms with Crippen molar-refractivity contribution in [3.05, 3.63) is 89.6 Å². The Balaban J connectivity index is 1.55. The van der Waals surface area contributed by atoms with Crippen LogP contribution in [0.1, 0.15) is 16.1 Å². The molecule has 3 heterocycles. The third-order valence-corrected chi connectivity index (χ3v) is 4.32. The molecular weight excluding hydrogens is 348 g/mol. The summed E-state index contributed by atoms with van der Waals surface area (Å²) in [4.78, 5) is 20.7. The van der Waals surface area contributed by atoms with Crippen molar-refractivity contribution < 1.29 is 4.79 Å². The van der Waals surface area contributed by atoms with Crippen molar-refractivity contribution in [2.45, 2.75) is 6.54 Å². The van der Waals surface area contributed by atoms with Crippen molar-refractivity contribution in [1.29, 1.82) is 0 Å². The van der Waals surface area contributed by atoms with E-state index in [4.69, 9.17) is 11.6 Å². The summed E-state index contributed by atoms with van der Waals surface area (Å²) in [6.07, 6.45) is 7.08. The molecule has 0 saturated heterocycles. The largest absolute Gasteiger partial charge is 0.347 e. The minimum atomic E-state index is -0.210. The summed E-state index contributed by atoms with van der Waals surface area (Å²) in [5, 5.41) is 3.57. The van der Waals surface area contributed by atoms with Gasteiger partial charge in [0.2, 0.25) is 0 Å². The molecule has 0 unspecified atom stereocenters. The highest BCUT2D eigenvalue weighted by atomic mass is 35.5. The molecule has 0 atom stereocenters. The number of fused-ring (bicyclic) bond motifs is 1. The number of nitrogens with one attached hydrogen (secondary N) is 1. The first-order valence-electron chi connectivity index (χ1n) is 8.11. The summed E-state index contributed by atoms with van der Waals surface area (Å²) >= 11 is 5.94. The van der Waals surface area contributed by atoms with E-state index in [-0.39, 0.29) is 5.91 Å². The van der Waals surface area contributed by atoms with Gasteiger partial charge in [-0.1, -0.05) is 23.7 Å². The van der Waals surface area contributed by atoms with Crippen LogP contribution < -0.4 is 5.32 Å². The van der Waals surface area contributed by atoms with Crippen molar-refractivity contribution in [3.63, 3.8) is 0 Å². The number of halogens is 1. The van der Waals surface area contributed by atoms with Gasteiger partial charge in [-0.05, 0) is 53.1 Å². The Hall–Kier alpha value is -3.18. The van der Waals surface area contributed by atoms with E-state index in [1.807, 2.05) is 59.1 Å². The SMILES string of the molecule is O=C(NCc1ccncc1)c1cn2cc(-c3ccc(Cl)cc3)ccc2n1. The van der Waals surface area contributed by atoms with Crippen LogP contribution in [0.2, 0.25) is 5.02 Å². The van der Waals surface area contributed by atoms with E-state index < -0.39 is 0 Å². The van der Waals surface area contributed by atoms with Gasteiger partial charge in [-0.25, -0.2) is 4.98 Å². The number of amides is 1. The molecule has 6 heteroatoms. The van der Waals surface area contributed by atoms with Gasteiger partial charge in [0, 0.05) is 36.4 Å². The lowest BCUT2D eigenvalue weighted by atomic mass is 10.1. The molecule has 1 N–H and O–H groups in total. The molecule has 0 aliphatic heterocycles. The minimum Gasteiger partial charge on any atom is -0.347 e. The molecular formula is C20H15ClN4O. The molecule has 128 valence electrons. The third-order valence-electron chi connectivity index (χ3n) is 4.06. The quantitative estimate of drug-likeness (QED) is 0.597. The second-order valence-electron chi connectivity index (χ2n) is 5.85. The predicted molar refractivity (Wildman–Crippen MR) is 101 cm³/mol. The average Bonchev–Trinajstić information content (AvgIpc) is 3.11. The van der Waals surface area contributed by atoms with Crippen LogP contribution in [0, 0.1) is 0 Å². The molecule has 5 nitrogen and oxygen atoms in total. The summed E-state index contributed by atoms with van der Waals surface area (Å²) in [5.74, 6) is -0.210. The summed E-state index contributed by atoms with van der Waals surface area (Å²) in [5.41, 5.74) is 4.16. The van der Waals surface area contributed by atoms with Gasteiger partial charge in [-0.3, -0.25) is 9.78 Å². The first-order valence-corrected chi connectivity index (χ1v) is 8.49. The van der Waals surface area contributed by atoms with Gasteiger partial charge in [-0.2, -0.15) is 0 Å². The maximum Gasteiger partial charge on any atom is 0.271 e. The van der Waals surface area contributed by atoms with Gasteiger partial charge in [-0.15, -0.1) is 0 Å². The highest BCUT2D eigenvalue weighted by molar-refractivity contribution is 6.30. The standard InChI is InChI=1S/C20H15ClN4O/c21-17-4-1-15(2-5-17)16-3-6-19-24-18(13-25(19)12-16)20(26)23-11-14-7-9-22-10-8-14/h1-10,12-13H,11H2,(H,23,26). The van der Waals surface area contributed by atoms with Gasteiger partial charge in [0.15, 0.2) is 0 Å². The summed E-state index contributed by atoms with van der Waals surface area (Å²) in [6.45, 7) is 0.436. The van der Waals surface area contributed by atoms with Gasteiger partial charge >= 0.3 is 0 Å². The lowest BCUT2D eigenvalue weighted by Crippen LogP contribution is -2.23. The Bertz CT molecular complexity index is 1060. The Morgan fingerprint density at radius 1 is 0.962 bits per heavy atom. The lowest BCUT2D eigenvalue weighted by Gasteiger charge is -2.02. The van der Waals surface area contributed by atoms with Crippen molar-refractivity contribution in [2.24, 2.45) is 0 Å². The fourth-order valence-corrected chi connectivity index (χ4v) is 2.81. The number of hydrogen-bond donors (Lipinski definition) is 1. The Morgan fingerprint density at radius 3 is 2.46 bits per heavy atom. The van der Waals surface area contributed by atoms with Crippen LogP contribution in [-0.4, -0.2) is 20.3 Å². The van der Waals surface area contributed by atoms with E-state index in [1.54, 1.807) is 18.6 Å². The number of benzene rings is 1. The third kappa shape index (κ3) is 3.43. The van der Waals surface area contributed by atoms with Gasteiger partial charge in [0.05, 0.1) is 0 Å². The zero-order valence-electron chi connectivity index (χ0n) is 13.8. The van der Waals surface area contributed by atoms with E-state index in [1.165, 1.54) is 0 Å². The number of hydrogen-bond acceptors (Lipinski definition) is 3. The summed E-state index contributed by atoms with van der Waals surface area (Å²) in [7, 11) is 0. The molecule has 0 fully saturated rings. The maximum atomic E-state index is 12.4. The Kier molecular flexibility index (Phi) is 4.37. The van der Waals surface area contributed by atoms with Crippen molar-refractivity contribution in [3.8, 4) is 11.1 Å². The van der Waals surface area contributed by atoms with Crippen LogP contribution in [0.5, 0.6) is 0 Å². The van der Waals surface area contributed by atoms with Gasteiger partial charge in [0.25, 0.3) is 5.91 Å². The topological polar surface area (TPSA) is 59.3 Å². The first-order chi connectivity index (χ1) is 12.7. The van der Waals surface area contributed by atoms with E-state index in [0.717, 1.165) is 22.3 Å². The van der Waals surface area contributed by atoms with Crippen molar-refractivity contribution in [2.75, 3.05) is 0 Å². The molecule has 1 aromatic carbocycles. The number of carbonyl (C=O) groups is 1. The Morgan fingerprint density at radius 2 is 1.69 bits per heavy atom. The zero-order chi connectivity index (χ0) is 17.9. The fraction of sp³-hybridized carbons (Fsp3) is 0.0500. The number of aromatic nitrogens is 3. The normalized spacial score (nSPS) is 10.8. The van der Waals surface area contributed by atoms with Crippen LogP contribution in [-0.2, 0) is 6.54 Å². The average molecular weight is 363 g/mol. The molecule has 0 radical (unpaired) electrons. The van der Waals surface area contributed by atoms with E-state index in [2.05, 4.69) is 15.3 Å². The second-order valence-corrected chi connectivity index (χ2v) is 6.29. The predicted octanol–water partition coefficient (Wildman–Crippen LogP) is 3.98. The second kappa shape index (κ2) is 6.98. The summed E-state index contributed by atoms with van der Waals surface area (Å²) < 4.78 is 1.85. The van der Waals surface area contributed by atoms with E-state index in [0.29, 0.717) is 17.3 Å². The maximum absolute atomic E-state index is 12.4. The zero-order valence-corrected chi connectivity index (χ0v) is 14.5. The lowest BCUT2D eigenvalue weighted by molar-refractivity contribution is 0.0946. The number of rotatable bonds is 4. The van der Waals surface area contributed by atoms with Crippen LogP contribution >= 0.6 is 11.6 Å². The molecule has 0 saturated carbocycles. The monoisotopic (exact) mass is 362 g/mol. The number of carbonyl (C=O) groups excluding carboxylic acids is 1. The van der Waals surface area contributed by atoms with Crippen molar-refractivity contribution >= 4 is 23.2 Å². The fourth-order valence-electron chi connectivity index (χ4n) is 2.69. The first kappa shape index (κ1) is 16.3. The molecule has 4 rings (SSSR count). The van der Waals surface area contributed by atoms with E-state index >= 15 is 0 Å². The molecule has 0 aliphatic carbocycles. The van der Waals surface area contributed by atoms with Crippen LogP contribution in [0.3, 0.4) is 0 Å². The molecule has 0 spiro atoms. The van der Waals surface area contributed by atoms with Gasteiger partial charge < -0.3 is 9.72 Å². The van der Waals surface area contributed by atoms with Crippen LogP contribution in [0.4, 0.5) is 0 Å². The van der Waals surface area contributed by atoms with Gasteiger partial charge in [0.1, 0.15) is 11.3 Å². The highest BCUT2D eigenvalue weighted by Gasteiger charge is 2.11. The molecule has 4 aromatic rings. The number of pyridine rings is 2. The molecule has 0 bridgehead atoms. The minimum absolute atomic E-state index is 0.210. The molecule has 26 heavy (non-hydrogen) atoms. The smallest absolute Gasteiger partial charge is 0.271 e. The molecule has 0 aliphatic rings. The molecule has 1 amide bonds.